The van der Waals surface area contributed by atoms with Crippen molar-refractivity contribution in [3.05, 3.63) is 29.8 Å². The van der Waals surface area contributed by atoms with Gasteiger partial charge < -0.3 is 4.90 Å². The fraction of sp³-hybridized carbons (Fsp3) is 0.529. The largest absolute Gasteiger partial charge is 0.329 e. The molecule has 2 aliphatic rings. The van der Waals surface area contributed by atoms with Crippen molar-refractivity contribution in [2.24, 2.45) is 0 Å². The molecule has 2 fully saturated rings. The summed E-state index contributed by atoms with van der Waals surface area (Å²) in [4.78, 5) is 27.1. The van der Waals surface area contributed by atoms with Crippen LogP contribution < -0.4 is 10.2 Å². The van der Waals surface area contributed by atoms with Gasteiger partial charge in [0.2, 0.25) is 5.91 Å². The van der Waals surface area contributed by atoms with Gasteiger partial charge in [-0.15, -0.1) is 0 Å². The average molecular weight is 301 g/mol. The summed E-state index contributed by atoms with van der Waals surface area (Å²) in [5, 5.41) is 2.32. The zero-order valence-electron chi connectivity index (χ0n) is 13.2. The Morgan fingerprint density at radius 2 is 1.91 bits per heavy atom. The summed E-state index contributed by atoms with van der Waals surface area (Å²) in [6.07, 6.45) is 2.29. The van der Waals surface area contributed by atoms with Crippen LogP contribution in [0, 0.1) is 0 Å². The minimum Gasteiger partial charge on any atom is -0.301 e. The maximum absolute atomic E-state index is 11.8. The van der Waals surface area contributed by atoms with Crippen LogP contribution in [-0.4, -0.2) is 42.5 Å². The Morgan fingerprint density at radius 3 is 2.50 bits per heavy atom. The third-order valence-corrected chi connectivity index (χ3v) is 4.71. The number of rotatable bonds is 3. The van der Waals surface area contributed by atoms with E-state index >= 15 is 0 Å². The van der Waals surface area contributed by atoms with Crippen molar-refractivity contribution < 1.29 is 9.59 Å². The highest BCUT2D eigenvalue weighted by Gasteiger charge is 2.29. The molecule has 2 aliphatic heterocycles. The van der Waals surface area contributed by atoms with Crippen molar-refractivity contribution in [1.29, 1.82) is 0 Å². The number of hydrogen-bond acceptors (Lipinski definition) is 3. The second-order valence-electron chi connectivity index (χ2n) is 6.44. The van der Waals surface area contributed by atoms with Crippen LogP contribution in [0.4, 0.5) is 10.5 Å². The molecule has 0 atom stereocenters. The Balaban J connectivity index is 1.72. The quantitative estimate of drug-likeness (QED) is 0.872. The summed E-state index contributed by atoms with van der Waals surface area (Å²) in [7, 11) is 0. The van der Waals surface area contributed by atoms with Crippen LogP contribution in [0.25, 0.3) is 0 Å². The smallest absolute Gasteiger partial charge is 0.301 e. The Bertz CT molecular complexity index is 577. The molecule has 0 spiro atoms. The van der Waals surface area contributed by atoms with Crippen LogP contribution in [0.3, 0.4) is 0 Å². The van der Waals surface area contributed by atoms with E-state index in [1.54, 1.807) is 0 Å². The summed E-state index contributed by atoms with van der Waals surface area (Å²) in [6.45, 7) is 6.84. The molecule has 1 N–H and O–H groups in total. The topological polar surface area (TPSA) is 52.6 Å². The molecular formula is C17H23N3O2. The van der Waals surface area contributed by atoms with Gasteiger partial charge in [-0.2, -0.15) is 0 Å². The number of anilines is 1. The Hall–Kier alpha value is -1.88. The average Bonchev–Trinajstić information content (AvgIpc) is 2.86. The first kappa shape index (κ1) is 15.0. The minimum atomic E-state index is -0.322. The van der Waals surface area contributed by atoms with Crippen LogP contribution in [0.1, 0.15) is 38.2 Å². The van der Waals surface area contributed by atoms with Crippen LogP contribution in [0.15, 0.2) is 24.3 Å². The molecule has 3 amide bonds. The number of imide groups is 1. The van der Waals surface area contributed by atoms with Crippen molar-refractivity contribution in [1.82, 2.24) is 10.2 Å². The first-order valence-corrected chi connectivity index (χ1v) is 8.00. The van der Waals surface area contributed by atoms with Gasteiger partial charge in [-0.3, -0.25) is 15.0 Å². The third kappa shape index (κ3) is 2.99. The van der Waals surface area contributed by atoms with Crippen LogP contribution in [0.2, 0.25) is 0 Å². The van der Waals surface area contributed by atoms with E-state index in [1.165, 1.54) is 10.5 Å². The highest BCUT2D eigenvalue weighted by atomic mass is 16.2. The van der Waals surface area contributed by atoms with Crippen LogP contribution in [0.5, 0.6) is 0 Å². The number of urea groups is 1. The normalized spacial score (nSPS) is 20.8. The lowest BCUT2D eigenvalue weighted by atomic mass is 9.88. The van der Waals surface area contributed by atoms with E-state index in [9.17, 15) is 9.59 Å². The Morgan fingerprint density at radius 1 is 1.18 bits per heavy atom. The number of nitrogens with one attached hydrogen (secondary N) is 1. The van der Waals surface area contributed by atoms with Crippen molar-refractivity contribution in [2.75, 3.05) is 24.5 Å². The summed E-state index contributed by atoms with van der Waals surface area (Å²) >= 11 is 0. The number of piperidine rings is 1. The van der Waals surface area contributed by atoms with E-state index in [2.05, 4.69) is 36.2 Å². The number of hydrogen-bond donors (Lipinski definition) is 1. The molecule has 3 rings (SSSR count). The summed E-state index contributed by atoms with van der Waals surface area (Å²) in [5.41, 5.74) is 2.08. The minimum absolute atomic E-state index is 0.119. The molecule has 22 heavy (non-hydrogen) atoms. The van der Waals surface area contributed by atoms with Gasteiger partial charge >= 0.3 is 6.03 Å². The van der Waals surface area contributed by atoms with Crippen molar-refractivity contribution >= 4 is 17.6 Å². The molecule has 2 saturated heterocycles. The lowest BCUT2D eigenvalue weighted by molar-refractivity contribution is -0.117. The van der Waals surface area contributed by atoms with Crippen molar-refractivity contribution in [3.63, 3.8) is 0 Å². The van der Waals surface area contributed by atoms with E-state index in [1.807, 2.05) is 12.1 Å². The van der Waals surface area contributed by atoms with Crippen LogP contribution >= 0.6 is 0 Å². The molecule has 0 bridgehead atoms. The first-order chi connectivity index (χ1) is 10.5. The maximum atomic E-state index is 11.8. The molecule has 0 unspecified atom stereocenters. The van der Waals surface area contributed by atoms with Gasteiger partial charge in [0.25, 0.3) is 0 Å². The fourth-order valence-electron chi connectivity index (χ4n) is 3.35. The molecule has 2 heterocycles. The number of benzene rings is 1. The highest BCUT2D eigenvalue weighted by molar-refractivity contribution is 6.12. The molecule has 1 aromatic carbocycles. The summed E-state index contributed by atoms with van der Waals surface area (Å²) in [5.74, 6) is 0.303. The second-order valence-corrected chi connectivity index (χ2v) is 6.44. The zero-order chi connectivity index (χ0) is 15.7. The Labute approximate surface area is 131 Å². The molecular weight excluding hydrogens is 278 g/mol. The number of carbonyl (C=O) groups excluding carboxylic acids is 2. The third-order valence-electron chi connectivity index (χ3n) is 4.71. The van der Waals surface area contributed by atoms with Gasteiger partial charge in [0.05, 0.1) is 0 Å². The second kappa shape index (κ2) is 6.08. The van der Waals surface area contributed by atoms with Gasteiger partial charge in [-0.05, 0) is 63.4 Å². The molecule has 0 aromatic heterocycles. The fourth-order valence-corrected chi connectivity index (χ4v) is 3.35. The van der Waals surface area contributed by atoms with E-state index < -0.39 is 0 Å². The Kier molecular flexibility index (Phi) is 4.16. The number of carbonyl (C=O) groups is 2. The predicted molar refractivity (Wildman–Crippen MR) is 86.0 cm³/mol. The van der Waals surface area contributed by atoms with E-state index in [4.69, 9.17) is 0 Å². The monoisotopic (exact) mass is 301 g/mol. The summed E-state index contributed by atoms with van der Waals surface area (Å²) < 4.78 is 0. The molecule has 118 valence electrons. The number of amides is 3. The van der Waals surface area contributed by atoms with E-state index in [-0.39, 0.29) is 18.5 Å². The SMILES string of the molecule is CC(C)N1CCC(c2cccc(N3CC(=O)NC3=O)c2)CC1. The van der Waals surface area contributed by atoms with Gasteiger partial charge in [0, 0.05) is 11.7 Å². The number of likely N-dealkylation sites (tertiary alicyclic amines) is 1. The molecule has 5 nitrogen and oxygen atoms in total. The highest BCUT2D eigenvalue weighted by Crippen LogP contribution is 2.31. The zero-order valence-corrected chi connectivity index (χ0v) is 13.2. The maximum Gasteiger partial charge on any atom is 0.329 e. The van der Waals surface area contributed by atoms with Gasteiger partial charge in [-0.25, -0.2) is 4.79 Å². The molecule has 1 aromatic rings. The first-order valence-electron chi connectivity index (χ1n) is 8.00. The number of nitrogens with zero attached hydrogens (tertiary/aromatic N) is 2. The van der Waals surface area contributed by atoms with Crippen molar-refractivity contribution in [2.45, 2.75) is 38.6 Å². The lowest BCUT2D eigenvalue weighted by Gasteiger charge is -2.35. The molecule has 5 heteroatoms. The lowest BCUT2D eigenvalue weighted by Crippen LogP contribution is -2.37. The molecule has 0 saturated carbocycles. The molecule has 0 radical (unpaired) electrons. The predicted octanol–water partition coefficient (Wildman–Crippen LogP) is 2.33. The standard InChI is InChI=1S/C17H23N3O2/c1-12(2)19-8-6-13(7-9-19)14-4-3-5-15(10-14)20-11-16(21)18-17(20)22/h3-5,10,12-13H,6-9,11H2,1-2H3,(H,18,21,22). The van der Waals surface area contributed by atoms with Gasteiger partial charge in [-0.1, -0.05) is 12.1 Å². The summed E-state index contributed by atoms with van der Waals surface area (Å²) in [6, 6.07) is 8.35. The molecule has 0 aliphatic carbocycles. The van der Waals surface area contributed by atoms with Gasteiger partial charge in [0.15, 0.2) is 0 Å². The van der Waals surface area contributed by atoms with Crippen LogP contribution in [-0.2, 0) is 4.79 Å². The van der Waals surface area contributed by atoms with E-state index in [0.29, 0.717) is 12.0 Å². The van der Waals surface area contributed by atoms with E-state index in [0.717, 1.165) is 31.6 Å². The van der Waals surface area contributed by atoms with Gasteiger partial charge in [0.1, 0.15) is 6.54 Å². The van der Waals surface area contributed by atoms with Crippen molar-refractivity contribution in [3.8, 4) is 0 Å².